The lowest BCUT2D eigenvalue weighted by Gasteiger charge is -2.15. The van der Waals surface area contributed by atoms with Crippen molar-refractivity contribution in [3.8, 4) is 11.8 Å². The van der Waals surface area contributed by atoms with Crippen molar-refractivity contribution in [2.75, 3.05) is 11.1 Å². The normalized spacial score (nSPS) is 10.2. The monoisotopic (exact) mass is 301 g/mol. The van der Waals surface area contributed by atoms with Gasteiger partial charge in [0.1, 0.15) is 5.75 Å². The molecule has 0 saturated carbocycles. The van der Waals surface area contributed by atoms with Gasteiger partial charge in [-0.2, -0.15) is 5.26 Å². The van der Waals surface area contributed by atoms with Crippen molar-refractivity contribution >= 4 is 28.7 Å². The fourth-order valence-electron chi connectivity index (χ4n) is 1.81. The Balaban J connectivity index is 2.30. The van der Waals surface area contributed by atoms with Gasteiger partial charge in [0.25, 0.3) is 0 Å². The number of rotatable bonds is 4. The molecule has 5 heteroatoms. The summed E-state index contributed by atoms with van der Waals surface area (Å²) in [5.74, 6) is 0.613. The topological polar surface area (TPSA) is 71.1 Å². The number of nitrogen functional groups attached to an aromatic ring is 1. The molecule has 0 aromatic heterocycles. The van der Waals surface area contributed by atoms with Crippen LogP contribution in [0.25, 0.3) is 0 Å². The van der Waals surface area contributed by atoms with Gasteiger partial charge in [-0.05, 0) is 44.2 Å². The predicted molar refractivity (Wildman–Crippen MR) is 86.1 cm³/mol. The van der Waals surface area contributed by atoms with Crippen molar-refractivity contribution in [3.63, 3.8) is 0 Å². The molecular formula is C16H16ClN3O. The number of nitrogens with zero attached hydrogens (tertiary/aromatic N) is 1. The second kappa shape index (κ2) is 6.38. The first-order chi connectivity index (χ1) is 9.99. The van der Waals surface area contributed by atoms with E-state index in [1.165, 1.54) is 0 Å². The summed E-state index contributed by atoms with van der Waals surface area (Å²) in [6.45, 7) is 3.87. The van der Waals surface area contributed by atoms with Crippen molar-refractivity contribution in [2.45, 2.75) is 20.0 Å². The zero-order valence-electron chi connectivity index (χ0n) is 11.9. The summed E-state index contributed by atoms with van der Waals surface area (Å²) in [4.78, 5) is 0. The molecule has 2 rings (SSSR count). The number of nitrogens with one attached hydrogen (secondary N) is 1. The first-order valence-corrected chi connectivity index (χ1v) is 6.90. The summed E-state index contributed by atoms with van der Waals surface area (Å²) in [5, 5.41) is 12.6. The Labute approximate surface area is 129 Å². The Morgan fingerprint density at radius 3 is 2.67 bits per heavy atom. The number of nitriles is 1. The fraction of sp³-hybridized carbons (Fsp3) is 0.188. The third-order valence-electron chi connectivity index (χ3n) is 2.75. The lowest BCUT2D eigenvalue weighted by molar-refractivity contribution is 0.244. The van der Waals surface area contributed by atoms with Gasteiger partial charge in [0.2, 0.25) is 0 Å². The summed E-state index contributed by atoms with van der Waals surface area (Å²) in [6.07, 6.45) is 0.0352. The molecule has 0 fully saturated rings. The summed E-state index contributed by atoms with van der Waals surface area (Å²) in [7, 11) is 0. The first kappa shape index (κ1) is 15.0. The lowest BCUT2D eigenvalue weighted by Crippen LogP contribution is -2.07. The number of halogens is 1. The fourth-order valence-corrected chi connectivity index (χ4v) is 1.98. The van der Waals surface area contributed by atoms with Gasteiger partial charge in [-0.15, -0.1) is 0 Å². The predicted octanol–water partition coefficient (Wildman–Crippen LogP) is 4.32. The van der Waals surface area contributed by atoms with Crippen LogP contribution in [0.5, 0.6) is 5.75 Å². The van der Waals surface area contributed by atoms with Crippen molar-refractivity contribution in [3.05, 3.63) is 47.0 Å². The minimum Gasteiger partial charge on any atom is -0.489 e. The first-order valence-electron chi connectivity index (χ1n) is 6.52. The second-order valence-electron chi connectivity index (χ2n) is 4.85. The molecule has 0 bridgehead atoms. The Hall–Kier alpha value is -2.38. The zero-order valence-corrected chi connectivity index (χ0v) is 12.6. The molecule has 2 aromatic carbocycles. The quantitative estimate of drug-likeness (QED) is 0.825. The molecule has 0 unspecified atom stereocenters. The minimum absolute atomic E-state index is 0.0352. The van der Waals surface area contributed by atoms with Crippen molar-refractivity contribution < 1.29 is 4.74 Å². The van der Waals surface area contributed by atoms with E-state index in [4.69, 9.17) is 27.3 Å². The third-order valence-corrected chi connectivity index (χ3v) is 3.08. The molecule has 4 nitrogen and oxygen atoms in total. The Bertz CT molecular complexity index is 692. The van der Waals surface area contributed by atoms with Gasteiger partial charge < -0.3 is 15.8 Å². The van der Waals surface area contributed by atoms with Gasteiger partial charge in [0.15, 0.2) is 0 Å². The highest BCUT2D eigenvalue weighted by Gasteiger charge is 2.07. The molecule has 0 aliphatic carbocycles. The van der Waals surface area contributed by atoms with Crippen LogP contribution >= 0.6 is 11.6 Å². The van der Waals surface area contributed by atoms with Crippen LogP contribution in [0.15, 0.2) is 36.4 Å². The Kier molecular flexibility index (Phi) is 4.56. The van der Waals surface area contributed by atoms with E-state index in [0.717, 1.165) is 5.69 Å². The van der Waals surface area contributed by atoms with Crippen LogP contribution in [0.4, 0.5) is 17.1 Å². The number of benzene rings is 2. The van der Waals surface area contributed by atoms with E-state index in [1.54, 1.807) is 24.3 Å². The molecule has 0 saturated heterocycles. The van der Waals surface area contributed by atoms with Crippen LogP contribution in [-0.4, -0.2) is 6.10 Å². The van der Waals surface area contributed by atoms with Crippen molar-refractivity contribution in [1.82, 2.24) is 0 Å². The number of hydrogen-bond donors (Lipinski definition) is 2. The lowest BCUT2D eigenvalue weighted by atomic mass is 10.2. The van der Waals surface area contributed by atoms with E-state index in [9.17, 15) is 0 Å². The molecule has 3 N–H and O–H groups in total. The summed E-state index contributed by atoms with van der Waals surface area (Å²) in [5.41, 5.74) is 8.45. The molecule has 0 spiro atoms. The molecule has 0 amide bonds. The zero-order chi connectivity index (χ0) is 15.4. The van der Waals surface area contributed by atoms with Crippen LogP contribution in [-0.2, 0) is 0 Å². The molecular weight excluding hydrogens is 286 g/mol. The van der Waals surface area contributed by atoms with Crippen molar-refractivity contribution in [1.29, 1.82) is 5.26 Å². The summed E-state index contributed by atoms with van der Waals surface area (Å²) in [6, 6.07) is 12.5. The average Bonchev–Trinajstić information content (AvgIpc) is 2.44. The van der Waals surface area contributed by atoms with E-state index >= 15 is 0 Å². The van der Waals surface area contributed by atoms with E-state index < -0.39 is 0 Å². The van der Waals surface area contributed by atoms with Crippen LogP contribution in [0.2, 0.25) is 5.02 Å². The summed E-state index contributed by atoms with van der Waals surface area (Å²) >= 11 is 6.13. The van der Waals surface area contributed by atoms with Gasteiger partial charge in [-0.25, -0.2) is 0 Å². The number of ether oxygens (including phenoxy) is 1. The standard InChI is InChI=1S/C16H16ClN3O/c1-10(2)21-16-8-12(4-6-14(16)19)20-15-7-11(9-18)3-5-13(15)17/h3-8,10,20H,19H2,1-2H3. The molecule has 0 atom stereocenters. The molecule has 0 radical (unpaired) electrons. The number of anilines is 3. The third kappa shape index (κ3) is 3.80. The number of nitrogens with two attached hydrogens (primary N) is 1. The molecule has 2 aromatic rings. The molecule has 0 heterocycles. The molecule has 0 aliphatic rings. The average molecular weight is 302 g/mol. The van der Waals surface area contributed by atoms with Crippen LogP contribution in [0.1, 0.15) is 19.4 Å². The highest BCUT2D eigenvalue weighted by molar-refractivity contribution is 6.33. The van der Waals surface area contributed by atoms with Crippen LogP contribution in [0.3, 0.4) is 0 Å². The largest absolute Gasteiger partial charge is 0.489 e. The van der Waals surface area contributed by atoms with E-state index in [-0.39, 0.29) is 6.10 Å². The Morgan fingerprint density at radius 1 is 1.24 bits per heavy atom. The maximum atomic E-state index is 8.94. The Morgan fingerprint density at radius 2 is 2.00 bits per heavy atom. The maximum Gasteiger partial charge on any atom is 0.144 e. The minimum atomic E-state index is 0.0352. The molecule has 108 valence electrons. The van der Waals surface area contributed by atoms with Crippen molar-refractivity contribution in [2.24, 2.45) is 0 Å². The highest BCUT2D eigenvalue weighted by Crippen LogP contribution is 2.31. The van der Waals surface area contributed by atoms with Crippen LogP contribution < -0.4 is 15.8 Å². The van der Waals surface area contributed by atoms with E-state index in [1.807, 2.05) is 26.0 Å². The second-order valence-corrected chi connectivity index (χ2v) is 5.26. The molecule has 0 aliphatic heterocycles. The van der Waals surface area contributed by atoms with Gasteiger partial charge >= 0.3 is 0 Å². The van der Waals surface area contributed by atoms with E-state index in [0.29, 0.717) is 27.7 Å². The molecule has 21 heavy (non-hydrogen) atoms. The highest BCUT2D eigenvalue weighted by atomic mass is 35.5. The smallest absolute Gasteiger partial charge is 0.144 e. The van der Waals surface area contributed by atoms with Gasteiger partial charge in [-0.1, -0.05) is 11.6 Å². The van der Waals surface area contributed by atoms with E-state index in [2.05, 4.69) is 11.4 Å². The number of hydrogen-bond acceptors (Lipinski definition) is 4. The SMILES string of the molecule is CC(C)Oc1cc(Nc2cc(C#N)ccc2Cl)ccc1N. The maximum absolute atomic E-state index is 8.94. The van der Waals surface area contributed by atoms with Gasteiger partial charge in [0.05, 0.1) is 34.1 Å². The van der Waals surface area contributed by atoms with Crippen LogP contribution in [0, 0.1) is 11.3 Å². The van der Waals surface area contributed by atoms with Gasteiger partial charge in [-0.3, -0.25) is 0 Å². The summed E-state index contributed by atoms with van der Waals surface area (Å²) < 4.78 is 5.65. The van der Waals surface area contributed by atoms with Gasteiger partial charge in [0, 0.05) is 11.8 Å².